The maximum atomic E-state index is 12.4. The molecule has 1 atom stereocenters. The lowest BCUT2D eigenvalue weighted by atomic mass is 10.1. The van der Waals surface area contributed by atoms with Gasteiger partial charge in [-0.15, -0.1) is 0 Å². The van der Waals surface area contributed by atoms with E-state index in [1.807, 2.05) is 25.1 Å². The number of hydrogen-bond donors (Lipinski definition) is 2. The number of nitrogens with one attached hydrogen (secondary N) is 2. The second-order valence-corrected chi connectivity index (χ2v) is 7.24. The molecule has 0 aliphatic carbocycles. The van der Waals surface area contributed by atoms with E-state index in [1.54, 1.807) is 6.07 Å². The number of nitrogens with zero attached hydrogens (tertiary/aromatic N) is 1. The molecule has 1 aliphatic rings. The predicted octanol–water partition coefficient (Wildman–Crippen LogP) is 2.66. The van der Waals surface area contributed by atoms with Gasteiger partial charge in [0.15, 0.2) is 0 Å². The van der Waals surface area contributed by atoms with Gasteiger partial charge in [0, 0.05) is 31.2 Å². The molecule has 0 saturated carbocycles. The van der Waals surface area contributed by atoms with E-state index in [0.717, 1.165) is 17.7 Å². The van der Waals surface area contributed by atoms with Crippen molar-refractivity contribution in [1.29, 1.82) is 0 Å². The maximum Gasteiger partial charge on any atom is 0.237 e. The highest BCUT2D eigenvalue weighted by Gasteiger charge is 2.31. The smallest absolute Gasteiger partial charge is 0.237 e. The van der Waals surface area contributed by atoms with Crippen LogP contribution in [0, 0.1) is 6.92 Å². The topological polar surface area (TPSA) is 61.4 Å². The fourth-order valence-corrected chi connectivity index (χ4v) is 3.39. The van der Waals surface area contributed by atoms with Crippen LogP contribution in [0.2, 0.25) is 5.02 Å². The van der Waals surface area contributed by atoms with Gasteiger partial charge in [-0.2, -0.15) is 0 Å². The quantitative estimate of drug-likeness (QED) is 0.803. The highest BCUT2D eigenvalue weighted by molar-refractivity contribution is 6.31. The number of piperazine rings is 1. The summed E-state index contributed by atoms with van der Waals surface area (Å²) in [6.45, 7) is 4.37. The molecule has 1 saturated heterocycles. The van der Waals surface area contributed by atoms with E-state index in [4.69, 9.17) is 11.6 Å². The summed E-state index contributed by atoms with van der Waals surface area (Å²) in [6.07, 6.45) is 0.127. The minimum Gasteiger partial charge on any atom is -0.353 e. The van der Waals surface area contributed by atoms with Gasteiger partial charge in [0.2, 0.25) is 11.8 Å². The third kappa shape index (κ3) is 5.31. The molecule has 2 aromatic carbocycles. The summed E-state index contributed by atoms with van der Waals surface area (Å²) in [5, 5.41) is 6.35. The molecule has 27 heavy (non-hydrogen) atoms. The van der Waals surface area contributed by atoms with E-state index in [-0.39, 0.29) is 18.2 Å². The lowest BCUT2D eigenvalue weighted by Gasteiger charge is -2.34. The van der Waals surface area contributed by atoms with Crippen molar-refractivity contribution in [2.75, 3.05) is 13.1 Å². The minimum atomic E-state index is -0.466. The van der Waals surface area contributed by atoms with Crippen molar-refractivity contribution >= 4 is 23.4 Å². The van der Waals surface area contributed by atoms with Crippen LogP contribution in [-0.2, 0) is 22.7 Å². The van der Waals surface area contributed by atoms with E-state index in [2.05, 4.69) is 39.8 Å². The highest BCUT2D eigenvalue weighted by Crippen LogP contribution is 2.16. The van der Waals surface area contributed by atoms with Crippen molar-refractivity contribution in [3.05, 3.63) is 70.2 Å². The molecule has 0 radical (unpaired) electrons. The predicted molar refractivity (Wildman–Crippen MR) is 106 cm³/mol. The van der Waals surface area contributed by atoms with Gasteiger partial charge in [0.05, 0.1) is 12.5 Å². The average Bonchev–Trinajstić information content (AvgIpc) is 2.66. The molecule has 1 fully saturated rings. The summed E-state index contributed by atoms with van der Waals surface area (Å²) in [4.78, 5) is 26.9. The van der Waals surface area contributed by atoms with E-state index >= 15 is 0 Å². The molecule has 0 aromatic heterocycles. The Morgan fingerprint density at radius 3 is 2.70 bits per heavy atom. The summed E-state index contributed by atoms with van der Waals surface area (Å²) in [6, 6.07) is 15.2. The molecule has 2 N–H and O–H groups in total. The van der Waals surface area contributed by atoms with Gasteiger partial charge >= 0.3 is 0 Å². The second kappa shape index (κ2) is 9.02. The molecule has 0 spiro atoms. The summed E-state index contributed by atoms with van der Waals surface area (Å²) in [7, 11) is 0. The molecule has 142 valence electrons. The van der Waals surface area contributed by atoms with Gasteiger partial charge in [-0.1, -0.05) is 59.6 Å². The SMILES string of the molecule is Cc1ccc(CN2CCNC(=O)C2CC(=O)NCc2ccccc2Cl)cc1. The Kier molecular flexibility index (Phi) is 6.48. The molecule has 5 nitrogen and oxygen atoms in total. The number of carbonyl (C=O) groups excluding carboxylic acids is 2. The monoisotopic (exact) mass is 385 g/mol. The first-order chi connectivity index (χ1) is 13.0. The Balaban J connectivity index is 1.61. The van der Waals surface area contributed by atoms with Crippen LogP contribution >= 0.6 is 11.6 Å². The lowest BCUT2D eigenvalue weighted by molar-refractivity contribution is -0.134. The zero-order valence-corrected chi connectivity index (χ0v) is 16.1. The summed E-state index contributed by atoms with van der Waals surface area (Å²) in [5.74, 6) is -0.257. The molecular formula is C21H24ClN3O2. The molecule has 1 aliphatic heterocycles. The number of amides is 2. The number of halogens is 1. The van der Waals surface area contributed by atoms with E-state index < -0.39 is 6.04 Å². The summed E-state index contributed by atoms with van der Waals surface area (Å²) >= 11 is 6.12. The Labute approximate surface area is 164 Å². The third-order valence-corrected chi connectivity index (χ3v) is 5.13. The largest absolute Gasteiger partial charge is 0.353 e. The van der Waals surface area contributed by atoms with E-state index in [9.17, 15) is 9.59 Å². The highest BCUT2D eigenvalue weighted by atomic mass is 35.5. The first-order valence-electron chi connectivity index (χ1n) is 9.10. The number of rotatable bonds is 6. The number of carbonyl (C=O) groups is 2. The van der Waals surface area contributed by atoms with Crippen molar-refractivity contribution in [2.45, 2.75) is 32.5 Å². The van der Waals surface area contributed by atoms with Gasteiger partial charge in [-0.3, -0.25) is 14.5 Å². The fraction of sp³-hybridized carbons (Fsp3) is 0.333. The molecular weight excluding hydrogens is 362 g/mol. The van der Waals surface area contributed by atoms with Crippen molar-refractivity contribution in [2.24, 2.45) is 0 Å². The van der Waals surface area contributed by atoms with Crippen molar-refractivity contribution in [3.63, 3.8) is 0 Å². The molecule has 6 heteroatoms. The third-order valence-electron chi connectivity index (χ3n) is 4.76. The Morgan fingerprint density at radius 2 is 1.96 bits per heavy atom. The first kappa shape index (κ1) is 19.4. The van der Waals surface area contributed by atoms with Crippen LogP contribution in [-0.4, -0.2) is 35.8 Å². The van der Waals surface area contributed by atoms with Crippen LogP contribution < -0.4 is 10.6 Å². The van der Waals surface area contributed by atoms with E-state index in [1.165, 1.54) is 5.56 Å². The van der Waals surface area contributed by atoms with Crippen molar-refractivity contribution in [3.8, 4) is 0 Å². The molecule has 1 unspecified atom stereocenters. The van der Waals surface area contributed by atoms with Crippen LogP contribution in [0.4, 0.5) is 0 Å². The van der Waals surface area contributed by atoms with Gasteiger partial charge in [0.1, 0.15) is 0 Å². The number of aryl methyl sites for hydroxylation is 1. The Bertz CT molecular complexity index is 807. The summed E-state index contributed by atoms with van der Waals surface area (Å²) in [5.41, 5.74) is 3.19. The molecule has 2 aromatic rings. The van der Waals surface area contributed by atoms with Gasteiger partial charge in [-0.25, -0.2) is 0 Å². The molecule has 0 bridgehead atoms. The second-order valence-electron chi connectivity index (χ2n) is 6.84. The van der Waals surface area contributed by atoms with Crippen LogP contribution in [0.3, 0.4) is 0 Å². The molecule has 3 rings (SSSR count). The van der Waals surface area contributed by atoms with Crippen LogP contribution in [0.25, 0.3) is 0 Å². The Hall–Kier alpha value is -2.37. The van der Waals surface area contributed by atoms with Crippen LogP contribution in [0.15, 0.2) is 48.5 Å². The van der Waals surface area contributed by atoms with Gasteiger partial charge in [0.25, 0.3) is 0 Å². The lowest BCUT2D eigenvalue weighted by Crippen LogP contribution is -2.56. The first-order valence-corrected chi connectivity index (χ1v) is 9.48. The van der Waals surface area contributed by atoms with Crippen LogP contribution in [0.1, 0.15) is 23.1 Å². The number of benzene rings is 2. The maximum absolute atomic E-state index is 12.4. The number of hydrogen-bond acceptors (Lipinski definition) is 3. The standard InChI is InChI=1S/C21H24ClN3O2/c1-15-6-8-16(9-7-15)14-25-11-10-23-21(27)19(25)12-20(26)24-13-17-4-2-3-5-18(17)22/h2-9,19H,10-14H2,1H3,(H,23,27)(H,24,26). The zero-order chi connectivity index (χ0) is 19.2. The van der Waals surface area contributed by atoms with E-state index in [0.29, 0.717) is 24.7 Å². The normalized spacial score (nSPS) is 17.4. The van der Waals surface area contributed by atoms with Gasteiger partial charge < -0.3 is 10.6 Å². The summed E-state index contributed by atoms with van der Waals surface area (Å²) < 4.78 is 0. The van der Waals surface area contributed by atoms with Gasteiger partial charge in [-0.05, 0) is 24.1 Å². The average molecular weight is 386 g/mol. The fourth-order valence-electron chi connectivity index (χ4n) is 3.18. The molecule has 1 heterocycles. The Morgan fingerprint density at radius 1 is 1.22 bits per heavy atom. The molecule has 2 amide bonds. The van der Waals surface area contributed by atoms with Crippen molar-refractivity contribution < 1.29 is 9.59 Å². The van der Waals surface area contributed by atoms with Crippen molar-refractivity contribution in [1.82, 2.24) is 15.5 Å². The minimum absolute atomic E-state index is 0.0961. The zero-order valence-electron chi connectivity index (χ0n) is 15.4. The van der Waals surface area contributed by atoms with Crippen LogP contribution in [0.5, 0.6) is 0 Å².